The molecule has 18 heavy (non-hydrogen) atoms. The van der Waals surface area contributed by atoms with Gasteiger partial charge in [-0.1, -0.05) is 11.6 Å². The largest absolute Gasteiger partial charge is 0.507 e. The fourth-order valence-electron chi connectivity index (χ4n) is 1.82. The van der Waals surface area contributed by atoms with Gasteiger partial charge in [-0.2, -0.15) is 0 Å². The molecule has 1 rings (SSSR count). The Balaban J connectivity index is 2.92. The molecule has 5 heteroatoms. The second-order valence-corrected chi connectivity index (χ2v) is 4.58. The van der Waals surface area contributed by atoms with Gasteiger partial charge in [0.05, 0.1) is 5.56 Å². The van der Waals surface area contributed by atoms with Gasteiger partial charge in [-0.25, -0.2) is 0 Å². The number of aliphatic carboxylic acids is 1. The Morgan fingerprint density at radius 1 is 1.28 bits per heavy atom. The van der Waals surface area contributed by atoms with Gasteiger partial charge in [-0.15, -0.1) is 0 Å². The Morgan fingerprint density at radius 2 is 1.89 bits per heavy atom. The minimum absolute atomic E-state index is 0.0643. The summed E-state index contributed by atoms with van der Waals surface area (Å²) in [6, 6.07) is 1.44. The molecule has 0 aliphatic rings. The fraction of sp³-hybridized carbons (Fsp3) is 0.385. The van der Waals surface area contributed by atoms with E-state index >= 15 is 0 Å². The van der Waals surface area contributed by atoms with Crippen LogP contribution in [0.15, 0.2) is 6.07 Å². The van der Waals surface area contributed by atoms with Gasteiger partial charge in [0.15, 0.2) is 5.78 Å². The Bertz CT molecular complexity index is 494. The highest BCUT2D eigenvalue weighted by atomic mass is 35.5. The van der Waals surface area contributed by atoms with Crippen LogP contribution >= 0.6 is 11.6 Å². The molecule has 98 valence electrons. The summed E-state index contributed by atoms with van der Waals surface area (Å²) in [5.74, 6) is -1.33. The number of Topliss-reactive ketones (excluding diaryl/α,β-unsaturated/α-hetero) is 1. The number of carbonyl (C=O) groups excluding carboxylic acids is 1. The molecular weight excluding hydrogens is 256 g/mol. The lowest BCUT2D eigenvalue weighted by Gasteiger charge is -2.11. The van der Waals surface area contributed by atoms with Crippen molar-refractivity contribution in [2.75, 3.05) is 0 Å². The van der Waals surface area contributed by atoms with E-state index in [1.54, 1.807) is 13.8 Å². The highest BCUT2D eigenvalue weighted by Crippen LogP contribution is 2.31. The Morgan fingerprint density at radius 3 is 2.44 bits per heavy atom. The summed E-state index contributed by atoms with van der Waals surface area (Å²) in [5.41, 5.74) is 1.43. The first-order valence-electron chi connectivity index (χ1n) is 5.58. The Kier molecular flexibility index (Phi) is 4.73. The summed E-state index contributed by atoms with van der Waals surface area (Å²) in [4.78, 5) is 22.3. The zero-order valence-corrected chi connectivity index (χ0v) is 11.0. The number of aromatic hydroxyl groups is 1. The maximum absolute atomic E-state index is 11.9. The van der Waals surface area contributed by atoms with E-state index in [0.717, 1.165) is 0 Å². The fourth-order valence-corrected chi connectivity index (χ4v) is 1.96. The van der Waals surface area contributed by atoms with E-state index in [1.807, 2.05) is 0 Å². The molecule has 0 aliphatic heterocycles. The molecule has 0 radical (unpaired) electrons. The smallest absolute Gasteiger partial charge is 0.303 e. The van der Waals surface area contributed by atoms with Crippen molar-refractivity contribution in [1.29, 1.82) is 0 Å². The zero-order valence-electron chi connectivity index (χ0n) is 10.3. The number of halogens is 1. The summed E-state index contributed by atoms with van der Waals surface area (Å²) in [7, 11) is 0. The van der Waals surface area contributed by atoms with Crippen LogP contribution in [0.4, 0.5) is 0 Å². The third-order valence-electron chi connectivity index (χ3n) is 2.73. The number of rotatable bonds is 5. The molecule has 0 spiro atoms. The molecule has 1 aromatic rings. The van der Waals surface area contributed by atoms with Crippen LogP contribution in [0, 0.1) is 13.8 Å². The van der Waals surface area contributed by atoms with Crippen LogP contribution in [0.2, 0.25) is 5.02 Å². The lowest BCUT2D eigenvalue weighted by molar-refractivity contribution is -0.137. The molecule has 0 saturated carbocycles. The van der Waals surface area contributed by atoms with Crippen LogP contribution in [0.5, 0.6) is 5.75 Å². The summed E-state index contributed by atoms with van der Waals surface area (Å²) in [5, 5.41) is 18.7. The van der Waals surface area contributed by atoms with Crippen molar-refractivity contribution in [3.8, 4) is 5.75 Å². The van der Waals surface area contributed by atoms with Crippen LogP contribution in [0.1, 0.15) is 40.7 Å². The monoisotopic (exact) mass is 270 g/mol. The van der Waals surface area contributed by atoms with E-state index < -0.39 is 5.97 Å². The minimum atomic E-state index is -0.939. The van der Waals surface area contributed by atoms with Gasteiger partial charge in [0.2, 0.25) is 0 Å². The lowest BCUT2D eigenvalue weighted by atomic mass is 9.97. The molecular formula is C13H15ClO4. The molecule has 1 aromatic carbocycles. The van der Waals surface area contributed by atoms with Crippen LogP contribution < -0.4 is 0 Å². The molecule has 0 unspecified atom stereocenters. The predicted molar refractivity (Wildman–Crippen MR) is 68.4 cm³/mol. The molecule has 0 bridgehead atoms. The van der Waals surface area contributed by atoms with Gasteiger partial charge in [-0.05, 0) is 37.5 Å². The lowest BCUT2D eigenvalue weighted by Crippen LogP contribution is -2.05. The van der Waals surface area contributed by atoms with Gasteiger partial charge in [0.1, 0.15) is 5.75 Å². The first-order valence-corrected chi connectivity index (χ1v) is 5.96. The third kappa shape index (κ3) is 3.23. The predicted octanol–water partition coefficient (Wildman–Crippen LogP) is 3.10. The molecule has 0 amide bonds. The number of ketones is 1. The highest BCUT2D eigenvalue weighted by Gasteiger charge is 2.18. The third-order valence-corrected chi connectivity index (χ3v) is 3.31. The standard InChI is InChI=1S/C13H15ClO4/c1-7-6-10(16)12(8(2)13(7)14)9(15)4-3-5-11(17)18/h6,16H,3-5H2,1-2H3,(H,17,18). The summed E-state index contributed by atoms with van der Waals surface area (Å²) in [6.45, 7) is 3.41. The normalized spacial score (nSPS) is 10.4. The number of hydrogen-bond donors (Lipinski definition) is 2. The number of aryl methyl sites for hydroxylation is 1. The van der Waals surface area contributed by atoms with Crippen LogP contribution in [-0.4, -0.2) is 22.0 Å². The Labute approximate surface area is 110 Å². The summed E-state index contributed by atoms with van der Waals surface area (Å²) in [6.07, 6.45) is 0.268. The molecule has 2 N–H and O–H groups in total. The number of carboxylic acids is 1. The Hall–Kier alpha value is -1.55. The molecule has 0 atom stereocenters. The van der Waals surface area contributed by atoms with Gasteiger partial charge in [0, 0.05) is 17.9 Å². The maximum Gasteiger partial charge on any atom is 0.303 e. The average Bonchev–Trinajstić information content (AvgIpc) is 2.25. The minimum Gasteiger partial charge on any atom is -0.507 e. The molecule has 0 aromatic heterocycles. The second-order valence-electron chi connectivity index (χ2n) is 4.20. The van der Waals surface area contributed by atoms with Crippen molar-refractivity contribution in [3.05, 3.63) is 27.8 Å². The molecule has 0 fully saturated rings. The topological polar surface area (TPSA) is 74.6 Å². The molecule has 0 heterocycles. The number of hydrogen-bond acceptors (Lipinski definition) is 3. The summed E-state index contributed by atoms with van der Waals surface area (Å²) < 4.78 is 0. The second kappa shape index (κ2) is 5.87. The first-order chi connectivity index (χ1) is 8.34. The van der Waals surface area contributed by atoms with E-state index in [-0.39, 0.29) is 36.4 Å². The van der Waals surface area contributed by atoms with Gasteiger partial charge in [-0.3, -0.25) is 9.59 Å². The number of phenolic OH excluding ortho intramolecular Hbond substituents is 1. The maximum atomic E-state index is 11.9. The summed E-state index contributed by atoms with van der Waals surface area (Å²) >= 11 is 6.03. The van der Waals surface area contributed by atoms with E-state index in [0.29, 0.717) is 16.1 Å². The van der Waals surface area contributed by atoms with Gasteiger partial charge >= 0.3 is 5.97 Å². The van der Waals surface area contributed by atoms with E-state index in [9.17, 15) is 14.7 Å². The van der Waals surface area contributed by atoms with E-state index in [4.69, 9.17) is 16.7 Å². The average molecular weight is 271 g/mol. The van der Waals surface area contributed by atoms with Crippen molar-refractivity contribution < 1.29 is 19.8 Å². The number of benzene rings is 1. The van der Waals surface area contributed by atoms with E-state index in [2.05, 4.69) is 0 Å². The first kappa shape index (κ1) is 14.5. The number of phenols is 1. The van der Waals surface area contributed by atoms with Crippen molar-refractivity contribution in [2.45, 2.75) is 33.1 Å². The zero-order chi connectivity index (χ0) is 13.9. The molecule has 0 saturated heterocycles. The number of carboxylic acid groups (broad SMARTS) is 1. The van der Waals surface area contributed by atoms with Crippen LogP contribution in [-0.2, 0) is 4.79 Å². The molecule has 0 aliphatic carbocycles. The van der Waals surface area contributed by atoms with Gasteiger partial charge in [0.25, 0.3) is 0 Å². The van der Waals surface area contributed by atoms with Crippen LogP contribution in [0.25, 0.3) is 0 Å². The quantitative estimate of drug-likeness (QED) is 0.806. The van der Waals surface area contributed by atoms with Crippen molar-refractivity contribution in [2.24, 2.45) is 0 Å². The van der Waals surface area contributed by atoms with Crippen LogP contribution in [0.3, 0.4) is 0 Å². The molecule has 4 nitrogen and oxygen atoms in total. The SMILES string of the molecule is Cc1cc(O)c(C(=O)CCCC(=O)O)c(C)c1Cl. The van der Waals surface area contributed by atoms with Gasteiger partial charge < -0.3 is 10.2 Å². The van der Waals surface area contributed by atoms with E-state index in [1.165, 1.54) is 6.07 Å². The highest BCUT2D eigenvalue weighted by molar-refractivity contribution is 6.32. The van der Waals surface area contributed by atoms with Crippen molar-refractivity contribution >= 4 is 23.4 Å². The van der Waals surface area contributed by atoms with Crippen molar-refractivity contribution in [3.63, 3.8) is 0 Å². The van der Waals surface area contributed by atoms with Crippen molar-refractivity contribution in [1.82, 2.24) is 0 Å². The number of carbonyl (C=O) groups is 2.